The lowest BCUT2D eigenvalue weighted by Crippen LogP contribution is -2.16. The van der Waals surface area contributed by atoms with Crippen LogP contribution in [-0.2, 0) is 20.0 Å². The van der Waals surface area contributed by atoms with Crippen molar-refractivity contribution in [2.75, 3.05) is 6.54 Å². The van der Waals surface area contributed by atoms with E-state index in [1.165, 1.54) is 5.56 Å². The number of benzene rings is 1. The third-order valence-corrected chi connectivity index (χ3v) is 3.31. The average molecular weight is 281 g/mol. The standard InChI is InChI=1S/C16H19N5/c1-20-10-8-15(19-20)7-9-17-11-14-12-18-21(13-14)16-5-3-2-4-6-16/h2-6,8,10,12-13,17H,7,9,11H2,1H3. The van der Waals surface area contributed by atoms with E-state index in [1.54, 1.807) is 0 Å². The van der Waals surface area contributed by atoms with Gasteiger partial charge in [-0.3, -0.25) is 4.68 Å². The molecule has 0 amide bonds. The monoisotopic (exact) mass is 281 g/mol. The fourth-order valence-corrected chi connectivity index (χ4v) is 2.22. The van der Waals surface area contributed by atoms with Crippen LogP contribution in [0.15, 0.2) is 55.0 Å². The first-order valence-electron chi connectivity index (χ1n) is 7.09. The number of aromatic nitrogens is 4. The molecule has 0 aliphatic rings. The van der Waals surface area contributed by atoms with Gasteiger partial charge >= 0.3 is 0 Å². The quantitative estimate of drug-likeness (QED) is 0.702. The van der Waals surface area contributed by atoms with Crippen molar-refractivity contribution in [3.63, 3.8) is 0 Å². The minimum Gasteiger partial charge on any atom is -0.312 e. The first-order chi connectivity index (χ1) is 10.3. The molecule has 1 aromatic carbocycles. The highest BCUT2D eigenvalue weighted by Gasteiger charge is 2.01. The molecule has 5 nitrogen and oxygen atoms in total. The Kier molecular flexibility index (Phi) is 4.12. The third kappa shape index (κ3) is 3.58. The van der Waals surface area contributed by atoms with Crippen molar-refractivity contribution in [2.45, 2.75) is 13.0 Å². The van der Waals surface area contributed by atoms with Crippen LogP contribution in [0, 0.1) is 0 Å². The highest BCUT2D eigenvalue weighted by Crippen LogP contribution is 2.07. The zero-order chi connectivity index (χ0) is 14.5. The van der Waals surface area contributed by atoms with Crippen molar-refractivity contribution in [3.8, 4) is 5.69 Å². The normalized spacial score (nSPS) is 10.9. The predicted molar refractivity (Wildman–Crippen MR) is 82.2 cm³/mol. The second kappa shape index (κ2) is 6.37. The first-order valence-corrected chi connectivity index (χ1v) is 7.09. The Labute approximate surface area is 124 Å². The van der Waals surface area contributed by atoms with Gasteiger partial charge < -0.3 is 5.32 Å². The van der Waals surface area contributed by atoms with Crippen LogP contribution >= 0.6 is 0 Å². The van der Waals surface area contributed by atoms with Crippen LogP contribution in [0.4, 0.5) is 0 Å². The summed E-state index contributed by atoms with van der Waals surface area (Å²) in [5.74, 6) is 0. The molecule has 0 saturated heterocycles. The molecule has 0 spiro atoms. The SMILES string of the molecule is Cn1ccc(CCNCc2cnn(-c3ccccc3)c2)n1. The maximum atomic E-state index is 4.39. The molecule has 0 fully saturated rings. The van der Waals surface area contributed by atoms with Gasteiger partial charge in [0.15, 0.2) is 0 Å². The van der Waals surface area contributed by atoms with Crippen LogP contribution < -0.4 is 5.32 Å². The van der Waals surface area contributed by atoms with Crippen molar-refractivity contribution in [3.05, 3.63) is 66.2 Å². The summed E-state index contributed by atoms with van der Waals surface area (Å²) in [5.41, 5.74) is 3.38. The molecular weight excluding hydrogens is 262 g/mol. The largest absolute Gasteiger partial charge is 0.312 e. The molecule has 3 rings (SSSR count). The third-order valence-electron chi connectivity index (χ3n) is 3.31. The molecule has 1 N–H and O–H groups in total. The van der Waals surface area contributed by atoms with Gasteiger partial charge in [0.05, 0.1) is 17.6 Å². The Morgan fingerprint density at radius 2 is 2.00 bits per heavy atom. The lowest BCUT2D eigenvalue weighted by molar-refractivity contribution is 0.665. The molecule has 0 saturated carbocycles. The van der Waals surface area contributed by atoms with Crippen LogP contribution in [0.1, 0.15) is 11.3 Å². The molecule has 2 heterocycles. The summed E-state index contributed by atoms with van der Waals surface area (Å²) in [4.78, 5) is 0. The number of nitrogens with one attached hydrogen (secondary N) is 1. The molecule has 21 heavy (non-hydrogen) atoms. The highest BCUT2D eigenvalue weighted by molar-refractivity contribution is 5.30. The minimum absolute atomic E-state index is 0.819. The van der Waals surface area contributed by atoms with E-state index in [2.05, 4.69) is 27.8 Å². The van der Waals surface area contributed by atoms with Crippen LogP contribution in [0.5, 0.6) is 0 Å². The van der Waals surface area contributed by atoms with E-state index >= 15 is 0 Å². The summed E-state index contributed by atoms with van der Waals surface area (Å²) in [6, 6.07) is 12.2. The van der Waals surface area contributed by atoms with Gasteiger partial charge in [-0.15, -0.1) is 0 Å². The van der Waals surface area contributed by atoms with Crippen LogP contribution in [0.25, 0.3) is 5.69 Å². The number of hydrogen-bond acceptors (Lipinski definition) is 3. The Hall–Kier alpha value is -2.40. The highest BCUT2D eigenvalue weighted by atomic mass is 15.3. The van der Waals surface area contributed by atoms with Gasteiger partial charge in [-0.1, -0.05) is 18.2 Å². The molecular formula is C16H19N5. The Morgan fingerprint density at radius 1 is 1.14 bits per heavy atom. The van der Waals surface area contributed by atoms with Gasteiger partial charge in [0.25, 0.3) is 0 Å². The predicted octanol–water partition coefficient (Wildman–Crippen LogP) is 1.94. The second-order valence-corrected chi connectivity index (χ2v) is 5.04. The van der Waals surface area contributed by atoms with E-state index in [-0.39, 0.29) is 0 Å². The number of hydrogen-bond donors (Lipinski definition) is 1. The number of para-hydroxylation sites is 1. The molecule has 0 unspecified atom stereocenters. The first kappa shape index (κ1) is 13.6. The molecule has 0 aliphatic heterocycles. The fraction of sp³-hybridized carbons (Fsp3) is 0.250. The van der Waals surface area contributed by atoms with Crippen LogP contribution in [0.3, 0.4) is 0 Å². The van der Waals surface area contributed by atoms with Crippen LogP contribution in [0.2, 0.25) is 0 Å². The van der Waals surface area contributed by atoms with E-state index in [0.717, 1.165) is 30.9 Å². The number of nitrogens with zero attached hydrogens (tertiary/aromatic N) is 4. The average Bonchev–Trinajstić information content (AvgIpc) is 3.14. The Balaban J connectivity index is 1.49. The van der Waals surface area contributed by atoms with Gasteiger partial charge in [-0.2, -0.15) is 10.2 Å². The molecule has 3 aromatic rings. The number of aryl methyl sites for hydroxylation is 1. The molecule has 0 atom stereocenters. The van der Waals surface area contributed by atoms with E-state index in [9.17, 15) is 0 Å². The lowest BCUT2D eigenvalue weighted by atomic mass is 10.3. The van der Waals surface area contributed by atoms with Gasteiger partial charge in [-0.25, -0.2) is 4.68 Å². The molecule has 2 aromatic heterocycles. The van der Waals surface area contributed by atoms with Crippen molar-refractivity contribution in [1.29, 1.82) is 0 Å². The topological polar surface area (TPSA) is 47.7 Å². The van der Waals surface area contributed by atoms with E-state index < -0.39 is 0 Å². The van der Waals surface area contributed by atoms with E-state index in [1.807, 2.05) is 59.1 Å². The summed E-state index contributed by atoms with van der Waals surface area (Å²) in [6.45, 7) is 1.73. The van der Waals surface area contributed by atoms with E-state index in [4.69, 9.17) is 0 Å². The summed E-state index contributed by atoms with van der Waals surface area (Å²) < 4.78 is 3.73. The summed E-state index contributed by atoms with van der Waals surface area (Å²) in [6.07, 6.45) is 6.87. The van der Waals surface area contributed by atoms with Gasteiger partial charge in [0.1, 0.15) is 0 Å². The molecule has 108 valence electrons. The van der Waals surface area contributed by atoms with Crippen molar-refractivity contribution in [1.82, 2.24) is 24.9 Å². The summed E-state index contributed by atoms with van der Waals surface area (Å²) >= 11 is 0. The zero-order valence-electron chi connectivity index (χ0n) is 12.1. The maximum absolute atomic E-state index is 4.39. The number of rotatable bonds is 6. The lowest BCUT2D eigenvalue weighted by Gasteiger charge is -2.01. The molecule has 0 bridgehead atoms. The van der Waals surface area contributed by atoms with Crippen molar-refractivity contribution < 1.29 is 0 Å². The minimum atomic E-state index is 0.819. The second-order valence-electron chi connectivity index (χ2n) is 5.04. The Bertz CT molecular complexity index is 684. The van der Waals surface area contributed by atoms with E-state index in [0.29, 0.717) is 0 Å². The summed E-state index contributed by atoms with van der Waals surface area (Å²) in [5, 5.41) is 12.2. The van der Waals surface area contributed by atoms with Crippen molar-refractivity contribution >= 4 is 0 Å². The molecule has 0 aliphatic carbocycles. The zero-order valence-corrected chi connectivity index (χ0v) is 12.1. The fourth-order valence-electron chi connectivity index (χ4n) is 2.22. The molecule has 5 heteroatoms. The van der Waals surface area contributed by atoms with Gasteiger partial charge in [0, 0.05) is 44.5 Å². The Morgan fingerprint density at radius 3 is 2.76 bits per heavy atom. The smallest absolute Gasteiger partial charge is 0.0645 e. The van der Waals surface area contributed by atoms with Gasteiger partial charge in [-0.05, 0) is 18.2 Å². The van der Waals surface area contributed by atoms with Crippen molar-refractivity contribution in [2.24, 2.45) is 7.05 Å². The molecule has 0 radical (unpaired) electrons. The van der Waals surface area contributed by atoms with Crippen LogP contribution in [-0.4, -0.2) is 26.1 Å². The maximum Gasteiger partial charge on any atom is 0.0645 e. The van der Waals surface area contributed by atoms with Gasteiger partial charge in [0.2, 0.25) is 0 Å². The summed E-state index contributed by atoms with van der Waals surface area (Å²) in [7, 11) is 1.94.